The second-order valence-electron chi connectivity index (χ2n) is 14.5. The molecule has 330 valence electrons. The number of phosphoric acid groups is 1. The third-order valence-electron chi connectivity index (χ3n) is 9.08. The number of hydrogen-bond acceptors (Lipinski definition) is 10. The van der Waals surface area contributed by atoms with E-state index in [2.05, 4.69) is 62.5 Å². The Hall–Kier alpha value is -2.37. The van der Waals surface area contributed by atoms with Crippen LogP contribution in [0.5, 0.6) is 0 Å². The molecule has 0 aliphatic rings. The molecule has 11 nitrogen and oxygen atoms in total. The lowest BCUT2D eigenvalue weighted by Gasteiger charge is -2.20. The van der Waals surface area contributed by atoms with E-state index in [1.165, 1.54) is 57.8 Å². The van der Waals surface area contributed by atoms with Gasteiger partial charge in [-0.25, -0.2) is 4.57 Å². The third-order valence-corrected chi connectivity index (χ3v) is 10.1. The van der Waals surface area contributed by atoms with Gasteiger partial charge >= 0.3 is 19.8 Å². The van der Waals surface area contributed by atoms with Crippen LogP contribution in [-0.4, -0.2) is 71.7 Å². The van der Waals surface area contributed by atoms with E-state index >= 15 is 0 Å². The van der Waals surface area contributed by atoms with Crippen molar-refractivity contribution in [2.24, 2.45) is 5.73 Å². The van der Waals surface area contributed by atoms with Crippen LogP contribution in [0.4, 0.5) is 0 Å². The largest absolute Gasteiger partial charge is 0.472 e. The van der Waals surface area contributed by atoms with Crippen molar-refractivity contribution in [2.75, 3.05) is 26.4 Å². The summed E-state index contributed by atoms with van der Waals surface area (Å²) < 4.78 is 32.6. The molecular formula is C45H80NO10P. The summed E-state index contributed by atoms with van der Waals surface area (Å²) in [5.41, 5.74) is 5.33. The van der Waals surface area contributed by atoms with Gasteiger partial charge in [0, 0.05) is 19.4 Å². The summed E-state index contributed by atoms with van der Waals surface area (Å²) in [4.78, 5) is 34.9. The van der Waals surface area contributed by atoms with Gasteiger partial charge in [0.25, 0.3) is 0 Å². The Balaban J connectivity index is 4.41. The number of hydrogen-bond donors (Lipinski definition) is 4. The standard InChI is InChI=1S/C45H80NO10P/c1-3-5-7-9-11-13-15-17-18-19-20-21-23-25-27-29-31-35-45(50)56-41(40-55-57(51,52)54-38-37-46)39-53-44(49)36-32-34-43(48)42(47)33-30-28-26-24-22-16-14-12-10-8-6-4-2/h11-14,17-18,22,24,28,30,41-43,47-48H,3-10,15-16,19-21,23,25-27,29,31-40,46H2,1-2H3,(H,51,52)/b13-11-,14-12-,18-17-,24-22-,30-28-/t41-,42?,43?/m1/s1. The molecule has 57 heavy (non-hydrogen) atoms. The third kappa shape index (κ3) is 38.9. The Morgan fingerprint density at radius 2 is 1.09 bits per heavy atom. The minimum Gasteiger partial charge on any atom is -0.462 e. The average Bonchev–Trinajstić information content (AvgIpc) is 3.19. The molecule has 3 unspecified atom stereocenters. The van der Waals surface area contributed by atoms with Crippen LogP contribution in [0.2, 0.25) is 0 Å². The second-order valence-corrected chi connectivity index (χ2v) is 16.0. The van der Waals surface area contributed by atoms with Gasteiger partial charge in [-0.3, -0.25) is 18.6 Å². The van der Waals surface area contributed by atoms with Gasteiger partial charge in [-0.05, 0) is 83.5 Å². The maximum absolute atomic E-state index is 12.6. The zero-order valence-electron chi connectivity index (χ0n) is 35.5. The highest BCUT2D eigenvalue weighted by molar-refractivity contribution is 7.47. The topological polar surface area (TPSA) is 175 Å². The highest BCUT2D eigenvalue weighted by Crippen LogP contribution is 2.43. The molecule has 0 heterocycles. The van der Waals surface area contributed by atoms with Crippen LogP contribution in [0.3, 0.4) is 0 Å². The Kier molecular flexibility index (Phi) is 38.7. The molecule has 5 N–H and O–H groups in total. The van der Waals surface area contributed by atoms with Crippen molar-refractivity contribution in [1.29, 1.82) is 0 Å². The number of carbonyl (C=O) groups excluding carboxylic acids is 2. The van der Waals surface area contributed by atoms with Crippen molar-refractivity contribution >= 4 is 19.8 Å². The number of rotatable bonds is 40. The summed E-state index contributed by atoms with van der Waals surface area (Å²) in [6.07, 6.45) is 39.9. The van der Waals surface area contributed by atoms with Gasteiger partial charge in [0.2, 0.25) is 0 Å². The van der Waals surface area contributed by atoms with Crippen LogP contribution in [0, 0.1) is 0 Å². The number of carbonyl (C=O) groups is 2. The molecule has 0 saturated heterocycles. The predicted molar refractivity (Wildman–Crippen MR) is 231 cm³/mol. The summed E-state index contributed by atoms with van der Waals surface area (Å²) in [6, 6.07) is 0. The lowest BCUT2D eigenvalue weighted by molar-refractivity contribution is -0.161. The van der Waals surface area contributed by atoms with Crippen LogP contribution in [0.15, 0.2) is 60.8 Å². The van der Waals surface area contributed by atoms with Crippen molar-refractivity contribution in [1.82, 2.24) is 0 Å². The summed E-state index contributed by atoms with van der Waals surface area (Å²) in [5, 5.41) is 20.6. The number of aliphatic hydroxyl groups excluding tert-OH is 2. The molecule has 0 aromatic rings. The molecule has 12 heteroatoms. The van der Waals surface area contributed by atoms with Crippen LogP contribution in [-0.2, 0) is 32.7 Å². The molecule has 0 saturated carbocycles. The van der Waals surface area contributed by atoms with Crippen LogP contribution in [0.1, 0.15) is 168 Å². The normalized spacial score (nSPS) is 15.0. The van der Waals surface area contributed by atoms with Gasteiger partial charge in [-0.15, -0.1) is 0 Å². The van der Waals surface area contributed by atoms with Crippen LogP contribution in [0.25, 0.3) is 0 Å². The molecule has 0 radical (unpaired) electrons. The van der Waals surface area contributed by atoms with Gasteiger partial charge in [-0.2, -0.15) is 0 Å². The summed E-state index contributed by atoms with van der Waals surface area (Å²) >= 11 is 0. The average molecular weight is 826 g/mol. The first-order chi connectivity index (χ1) is 27.6. The molecule has 0 fully saturated rings. The van der Waals surface area contributed by atoms with Gasteiger partial charge < -0.3 is 30.3 Å². The lowest BCUT2D eigenvalue weighted by atomic mass is 10.0. The molecule has 0 aromatic heterocycles. The Morgan fingerprint density at radius 3 is 1.65 bits per heavy atom. The molecule has 0 spiro atoms. The van der Waals surface area contributed by atoms with E-state index < -0.39 is 44.7 Å². The SMILES string of the molecule is CCCCC/C=C\C/C=C\C/C=C\CC(O)C(O)CCCC(=O)OC[C@H](COP(=O)(O)OCCN)OC(=O)CCCCCCCCC/C=C\C/C=C\CCCCC. The minimum absolute atomic E-state index is 0.0102. The van der Waals surface area contributed by atoms with E-state index in [1.54, 1.807) is 0 Å². The molecule has 0 rings (SSSR count). The molecule has 0 aliphatic heterocycles. The monoisotopic (exact) mass is 826 g/mol. The predicted octanol–water partition coefficient (Wildman–Crippen LogP) is 10.4. The first-order valence-electron chi connectivity index (χ1n) is 21.9. The first kappa shape index (κ1) is 54.6. The number of unbranched alkanes of at least 4 members (excludes halogenated alkanes) is 13. The van der Waals surface area contributed by atoms with Crippen LogP contribution < -0.4 is 5.73 Å². The maximum atomic E-state index is 12.6. The zero-order valence-corrected chi connectivity index (χ0v) is 36.4. The quantitative estimate of drug-likeness (QED) is 0.0200. The number of phosphoric ester groups is 1. The zero-order chi connectivity index (χ0) is 42.1. The van der Waals surface area contributed by atoms with Crippen molar-refractivity contribution < 1.29 is 47.8 Å². The van der Waals surface area contributed by atoms with Crippen LogP contribution >= 0.6 is 7.82 Å². The summed E-state index contributed by atoms with van der Waals surface area (Å²) in [5.74, 6) is -1.13. The van der Waals surface area contributed by atoms with Gasteiger partial charge in [-0.1, -0.05) is 132 Å². The molecular weight excluding hydrogens is 745 g/mol. The molecule has 0 bridgehead atoms. The Bertz CT molecular complexity index is 1150. The summed E-state index contributed by atoms with van der Waals surface area (Å²) in [6.45, 7) is 3.32. The van der Waals surface area contributed by atoms with E-state index in [-0.39, 0.29) is 45.4 Å². The van der Waals surface area contributed by atoms with Crippen molar-refractivity contribution in [3.63, 3.8) is 0 Å². The fourth-order valence-corrected chi connectivity index (χ4v) is 6.41. The Labute approximate surface area is 345 Å². The molecule has 4 atom stereocenters. The molecule has 0 aliphatic carbocycles. The maximum Gasteiger partial charge on any atom is 0.472 e. The Morgan fingerprint density at radius 1 is 0.596 bits per heavy atom. The summed E-state index contributed by atoms with van der Waals surface area (Å²) in [7, 11) is -4.45. The molecule has 0 aromatic carbocycles. The highest BCUT2D eigenvalue weighted by atomic mass is 31.2. The van der Waals surface area contributed by atoms with Crippen molar-refractivity contribution in [2.45, 2.75) is 186 Å². The van der Waals surface area contributed by atoms with Gasteiger partial charge in [0.15, 0.2) is 6.10 Å². The number of esters is 2. The van der Waals surface area contributed by atoms with E-state index in [0.717, 1.165) is 57.8 Å². The van der Waals surface area contributed by atoms with E-state index in [9.17, 15) is 29.3 Å². The van der Waals surface area contributed by atoms with E-state index in [4.69, 9.17) is 24.3 Å². The molecule has 0 amide bonds. The second kappa shape index (κ2) is 40.4. The van der Waals surface area contributed by atoms with Gasteiger partial charge in [0.1, 0.15) is 6.61 Å². The fraction of sp³-hybridized carbons (Fsp3) is 0.733. The first-order valence-corrected chi connectivity index (χ1v) is 23.4. The van der Waals surface area contributed by atoms with Crippen molar-refractivity contribution in [3.8, 4) is 0 Å². The number of aliphatic hydroxyl groups is 2. The highest BCUT2D eigenvalue weighted by Gasteiger charge is 2.26. The smallest absolute Gasteiger partial charge is 0.462 e. The lowest BCUT2D eigenvalue weighted by Crippen LogP contribution is -2.30. The fourth-order valence-electron chi connectivity index (χ4n) is 5.65. The van der Waals surface area contributed by atoms with Crippen molar-refractivity contribution in [3.05, 3.63) is 60.8 Å². The number of allylic oxidation sites excluding steroid dienone is 9. The number of nitrogens with two attached hydrogens (primary N) is 1. The number of ether oxygens (including phenoxy) is 2. The minimum atomic E-state index is -4.45. The van der Waals surface area contributed by atoms with E-state index in [1.807, 2.05) is 12.2 Å². The van der Waals surface area contributed by atoms with E-state index in [0.29, 0.717) is 12.8 Å². The van der Waals surface area contributed by atoms with Gasteiger partial charge in [0.05, 0.1) is 25.4 Å².